The maximum atomic E-state index is 13.2. The van der Waals surface area contributed by atoms with Crippen molar-refractivity contribution in [1.29, 1.82) is 0 Å². The number of thioether (sulfide) groups is 1. The van der Waals surface area contributed by atoms with E-state index in [1.165, 1.54) is 24.1 Å². The van der Waals surface area contributed by atoms with Gasteiger partial charge in [0.15, 0.2) is 0 Å². The summed E-state index contributed by atoms with van der Waals surface area (Å²) in [5.41, 5.74) is 6.79. The van der Waals surface area contributed by atoms with Crippen LogP contribution in [-0.2, 0) is 9.59 Å². The van der Waals surface area contributed by atoms with E-state index in [-0.39, 0.29) is 17.2 Å². The number of furan rings is 1. The summed E-state index contributed by atoms with van der Waals surface area (Å²) in [6, 6.07) is 25.3. The lowest BCUT2D eigenvalue weighted by Crippen LogP contribution is -2.30. The average Bonchev–Trinajstić information content (AvgIpc) is 3.46. The molecule has 4 amide bonds. The highest BCUT2D eigenvalue weighted by Crippen LogP contribution is 2.27. The Labute approximate surface area is 234 Å². The van der Waals surface area contributed by atoms with Gasteiger partial charge in [0.05, 0.1) is 22.8 Å². The zero-order valence-electron chi connectivity index (χ0n) is 21.4. The fourth-order valence-corrected chi connectivity index (χ4v) is 4.53. The van der Waals surface area contributed by atoms with Gasteiger partial charge in [-0.05, 0) is 61.5 Å². The zero-order chi connectivity index (χ0) is 28.5. The van der Waals surface area contributed by atoms with Gasteiger partial charge < -0.3 is 26.1 Å². The van der Waals surface area contributed by atoms with Gasteiger partial charge in [0, 0.05) is 22.2 Å². The Morgan fingerprint density at radius 1 is 0.875 bits per heavy atom. The number of hydrogen-bond donors (Lipinski definition) is 4. The summed E-state index contributed by atoms with van der Waals surface area (Å²) < 4.78 is 5.33. The molecule has 0 aliphatic heterocycles. The molecule has 0 aliphatic rings. The van der Waals surface area contributed by atoms with Crippen LogP contribution in [0.25, 0.3) is 6.08 Å². The highest BCUT2D eigenvalue weighted by molar-refractivity contribution is 8.00. The second-order valence-corrected chi connectivity index (χ2v) is 9.95. The summed E-state index contributed by atoms with van der Waals surface area (Å²) in [6.07, 6.45) is 2.90. The molecule has 1 atom stereocenters. The number of carbonyl (C=O) groups excluding carboxylic acids is 4. The van der Waals surface area contributed by atoms with E-state index in [1.807, 2.05) is 0 Å². The number of carbonyl (C=O) groups is 4. The van der Waals surface area contributed by atoms with Crippen LogP contribution in [0.4, 0.5) is 11.4 Å². The van der Waals surface area contributed by atoms with Crippen molar-refractivity contribution in [2.75, 3.05) is 10.6 Å². The monoisotopic (exact) mass is 554 g/mol. The Bertz CT molecular complexity index is 1550. The molecular weight excluding hydrogens is 528 g/mol. The highest BCUT2D eigenvalue weighted by atomic mass is 32.2. The van der Waals surface area contributed by atoms with Crippen molar-refractivity contribution < 1.29 is 23.6 Å². The van der Waals surface area contributed by atoms with Gasteiger partial charge in [-0.3, -0.25) is 19.2 Å². The molecular formula is C30H26N4O5S. The summed E-state index contributed by atoms with van der Waals surface area (Å²) >= 11 is 1.27. The second-order valence-electron chi connectivity index (χ2n) is 8.53. The molecule has 0 saturated heterocycles. The number of hydrogen-bond acceptors (Lipinski definition) is 6. The van der Waals surface area contributed by atoms with Crippen molar-refractivity contribution in [3.8, 4) is 0 Å². The topological polar surface area (TPSA) is 144 Å². The zero-order valence-corrected chi connectivity index (χ0v) is 22.2. The predicted molar refractivity (Wildman–Crippen MR) is 155 cm³/mol. The maximum absolute atomic E-state index is 13.2. The number of nitrogens with one attached hydrogen (secondary N) is 3. The van der Waals surface area contributed by atoms with Crippen LogP contribution in [0, 0.1) is 0 Å². The molecule has 5 N–H and O–H groups in total. The predicted octanol–water partition coefficient (Wildman–Crippen LogP) is 4.91. The van der Waals surface area contributed by atoms with Gasteiger partial charge >= 0.3 is 0 Å². The molecule has 9 nitrogen and oxygen atoms in total. The minimum Gasteiger partial charge on any atom is -0.465 e. The number of anilines is 2. The van der Waals surface area contributed by atoms with Crippen molar-refractivity contribution in [2.45, 2.75) is 17.1 Å². The second kappa shape index (κ2) is 13.1. The van der Waals surface area contributed by atoms with Gasteiger partial charge in [-0.25, -0.2) is 0 Å². The molecule has 0 aliphatic carbocycles. The average molecular weight is 555 g/mol. The standard InChI is InChI=1S/C30H26N4O5S/c1-19(28(36)33-25-15-6-5-14-24(25)27(31)35)40-23-13-7-11-21(17-23)32-30(38)26(18-22-12-8-16-39-22)34-29(37)20-9-3-2-4-10-20/h2-19H,1H3,(H2,31,35)(H,32,38)(H,33,36)(H,34,37)/b26-18+. The quantitative estimate of drug-likeness (QED) is 0.162. The van der Waals surface area contributed by atoms with E-state index >= 15 is 0 Å². The molecule has 0 bridgehead atoms. The number of benzene rings is 3. The number of amides is 4. The fourth-order valence-electron chi connectivity index (χ4n) is 3.60. The van der Waals surface area contributed by atoms with E-state index in [1.54, 1.807) is 97.9 Å². The van der Waals surface area contributed by atoms with Crippen molar-refractivity contribution in [2.24, 2.45) is 5.73 Å². The van der Waals surface area contributed by atoms with Crippen LogP contribution in [0.3, 0.4) is 0 Å². The number of primary amides is 1. The van der Waals surface area contributed by atoms with Gasteiger partial charge in [-0.2, -0.15) is 0 Å². The van der Waals surface area contributed by atoms with Crippen LogP contribution >= 0.6 is 11.8 Å². The molecule has 4 aromatic rings. The lowest BCUT2D eigenvalue weighted by atomic mass is 10.1. The fraction of sp³-hybridized carbons (Fsp3) is 0.0667. The van der Waals surface area contributed by atoms with Crippen LogP contribution in [0.5, 0.6) is 0 Å². The summed E-state index contributed by atoms with van der Waals surface area (Å²) in [5.74, 6) is -1.58. The van der Waals surface area contributed by atoms with Crippen LogP contribution in [0.1, 0.15) is 33.4 Å². The number of nitrogens with two attached hydrogens (primary N) is 1. The minimum absolute atomic E-state index is 0.0114. The Balaban J connectivity index is 1.45. The summed E-state index contributed by atoms with van der Waals surface area (Å²) in [6.45, 7) is 1.72. The third-order valence-corrected chi connectivity index (χ3v) is 6.68. The molecule has 0 saturated carbocycles. The molecule has 4 rings (SSSR count). The molecule has 40 heavy (non-hydrogen) atoms. The Morgan fingerprint density at radius 2 is 1.62 bits per heavy atom. The summed E-state index contributed by atoms with van der Waals surface area (Å²) in [7, 11) is 0. The molecule has 1 heterocycles. The SMILES string of the molecule is CC(Sc1cccc(NC(=O)/C(=C\c2ccco2)NC(=O)c2ccccc2)c1)C(=O)Nc1ccccc1C(N)=O. The van der Waals surface area contributed by atoms with Gasteiger partial charge in [0.2, 0.25) is 5.91 Å². The maximum Gasteiger partial charge on any atom is 0.272 e. The van der Waals surface area contributed by atoms with Crippen LogP contribution in [0.2, 0.25) is 0 Å². The first kappa shape index (κ1) is 27.9. The number of para-hydroxylation sites is 1. The third kappa shape index (κ3) is 7.49. The van der Waals surface area contributed by atoms with Crippen molar-refractivity contribution >= 4 is 52.8 Å². The molecule has 3 aromatic carbocycles. The van der Waals surface area contributed by atoms with Crippen molar-refractivity contribution in [3.05, 3.63) is 120 Å². The largest absolute Gasteiger partial charge is 0.465 e. The van der Waals surface area contributed by atoms with E-state index in [9.17, 15) is 19.2 Å². The molecule has 1 aromatic heterocycles. The van der Waals surface area contributed by atoms with E-state index in [4.69, 9.17) is 10.2 Å². The molecule has 10 heteroatoms. The van der Waals surface area contributed by atoms with E-state index in [0.29, 0.717) is 27.6 Å². The number of rotatable bonds is 10. The summed E-state index contributed by atoms with van der Waals surface area (Å²) in [5, 5.41) is 7.64. The first-order chi connectivity index (χ1) is 19.3. The molecule has 202 valence electrons. The van der Waals surface area contributed by atoms with Crippen LogP contribution < -0.4 is 21.7 Å². The Morgan fingerprint density at radius 3 is 2.35 bits per heavy atom. The first-order valence-corrected chi connectivity index (χ1v) is 13.1. The van der Waals surface area contributed by atoms with Crippen LogP contribution in [0.15, 0.2) is 112 Å². The Kier molecular flexibility index (Phi) is 9.16. The first-order valence-electron chi connectivity index (χ1n) is 12.2. The van der Waals surface area contributed by atoms with E-state index < -0.39 is 23.0 Å². The molecule has 0 radical (unpaired) electrons. The molecule has 1 unspecified atom stereocenters. The lowest BCUT2D eigenvalue weighted by Gasteiger charge is -2.15. The molecule has 0 fully saturated rings. The van der Waals surface area contributed by atoms with Gasteiger partial charge in [-0.1, -0.05) is 36.4 Å². The highest BCUT2D eigenvalue weighted by Gasteiger charge is 2.19. The van der Waals surface area contributed by atoms with Gasteiger partial charge in [-0.15, -0.1) is 11.8 Å². The third-order valence-electron chi connectivity index (χ3n) is 5.58. The lowest BCUT2D eigenvalue weighted by molar-refractivity contribution is -0.115. The molecule has 0 spiro atoms. The summed E-state index contributed by atoms with van der Waals surface area (Å²) in [4.78, 5) is 51.1. The Hall–Kier alpha value is -5.09. The van der Waals surface area contributed by atoms with E-state index in [0.717, 1.165) is 0 Å². The van der Waals surface area contributed by atoms with Crippen LogP contribution in [-0.4, -0.2) is 28.9 Å². The minimum atomic E-state index is -0.639. The van der Waals surface area contributed by atoms with Gasteiger partial charge in [0.25, 0.3) is 17.7 Å². The van der Waals surface area contributed by atoms with Crippen molar-refractivity contribution in [1.82, 2.24) is 5.32 Å². The van der Waals surface area contributed by atoms with Gasteiger partial charge in [0.1, 0.15) is 11.5 Å². The normalized spacial score (nSPS) is 11.8. The van der Waals surface area contributed by atoms with Crippen molar-refractivity contribution in [3.63, 3.8) is 0 Å². The van der Waals surface area contributed by atoms with E-state index in [2.05, 4.69) is 16.0 Å². The smallest absolute Gasteiger partial charge is 0.272 e.